The summed E-state index contributed by atoms with van der Waals surface area (Å²) in [4.78, 5) is 13.2. The Bertz CT molecular complexity index is 716. The molecule has 0 spiro atoms. The Morgan fingerprint density at radius 1 is 1.20 bits per heavy atom. The van der Waals surface area contributed by atoms with E-state index in [1.54, 1.807) is 24.3 Å². The summed E-state index contributed by atoms with van der Waals surface area (Å²) in [7, 11) is -3.60. The molecule has 0 fully saturated rings. The van der Waals surface area contributed by atoms with Crippen LogP contribution in [0.1, 0.15) is 5.56 Å². The number of H-pyrrole nitrogens is 1. The molecule has 0 aliphatic heterocycles. The minimum atomic E-state index is -3.60. The molecule has 0 aliphatic carbocycles. The second-order valence-corrected chi connectivity index (χ2v) is 5.63. The van der Waals surface area contributed by atoms with Crippen LogP contribution in [0, 0.1) is 0 Å². The van der Waals surface area contributed by atoms with Gasteiger partial charge in [-0.3, -0.25) is 4.72 Å². The highest BCUT2D eigenvalue weighted by Crippen LogP contribution is 2.16. The van der Waals surface area contributed by atoms with Crippen molar-refractivity contribution in [2.45, 2.75) is 4.90 Å². The van der Waals surface area contributed by atoms with E-state index in [4.69, 9.17) is 5.11 Å². The first-order valence-electron chi connectivity index (χ1n) is 5.64. The molecule has 2 rings (SSSR count). The van der Waals surface area contributed by atoms with Crippen molar-refractivity contribution in [1.29, 1.82) is 0 Å². The number of anilines is 1. The molecule has 104 valence electrons. The summed E-state index contributed by atoms with van der Waals surface area (Å²) in [6.07, 6.45) is 5.34. The van der Waals surface area contributed by atoms with Gasteiger partial charge in [-0.05, 0) is 29.8 Å². The molecule has 0 amide bonds. The smallest absolute Gasteiger partial charge is 0.328 e. The number of hydrogen-bond donors (Lipinski definition) is 3. The van der Waals surface area contributed by atoms with E-state index >= 15 is 0 Å². The van der Waals surface area contributed by atoms with Gasteiger partial charge in [-0.2, -0.15) is 0 Å². The van der Waals surface area contributed by atoms with E-state index in [1.807, 2.05) is 0 Å². The maximum atomic E-state index is 11.9. The SMILES string of the molecule is O=C(O)/C=C/c1ccc(NS(=O)(=O)c2cc[nH]c2)cc1. The van der Waals surface area contributed by atoms with Gasteiger partial charge in [-0.15, -0.1) is 0 Å². The van der Waals surface area contributed by atoms with Crippen molar-refractivity contribution in [3.63, 3.8) is 0 Å². The molecule has 1 aromatic carbocycles. The van der Waals surface area contributed by atoms with Crippen LogP contribution in [0.3, 0.4) is 0 Å². The fourth-order valence-corrected chi connectivity index (χ4v) is 2.55. The van der Waals surface area contributed by atoms with Gasteiger partial charge in [-0.25, -0.2) is 13.2 Å². The zero-order valence-corrected chi connectivity index (χ0v) is 11.1. The number of nitrogens with one attached hydrogen (secondary N) is 2. The number of sulfonamides is 1. The molecule has 0 saturated heterocycles. The predicted octanol–water partition coefficient (Wildman–Crippen LogP) is 1.91. The van der Waals surface area contributed by atoms with Crippen LogP contribution in [0.15, 0.2) is 53.7 Å². The zero-order valence-electron chi connectivity index (χ0n) is 10.3. The van der Waals surface area contributed by atoms with E-state index in [0.717, 1.165) is 6.08 Å². The van der Waals surface area contributed by atoms with E-state index in [2.05, 4.69) is 9.71 Å². The molecule has 1 aromatic heterocycles. The van der Waals surface area contributed by atoms with Gasteiger partial charge in [0.15, 0.2) is 0 Å². The Labute approximate surface area is 115 Å². The standard InChI is InChI=1S/C13H12N2O4S/c16-13(17)6-3-10-1-4-11(5-2-10)15-20(18,19)12-7-8-14-9-12/h1-9,14-15H,(H,16,17)/b6-3+. The topological polar surface area (TPSA) is 99.3 Å². The Balaban J connectivity index is 2.14. The van der Waals surface area contributed by atoms with Crippen LogP contribution in [0.2, 0.25) is 0 Å². The quantitative estimate of drug-likeness (QED) is 0.733. The number of carbonyl (C=O) groups is 1. The van der Waals surface area contributed by atoms with E-state index in [0.29, 0.717) is 11.3 Å². The summed E-state index contributed by atoms with van der Waals surface area (Å²) >= 11 is 0. The zero-order chi connectivity index (χ0) is 14.6. The third-order valence-electron chi connectivity index (χ3n) is 2.46. The Kier molecular flexibility index (Phi) is 3.90. The first-order chi connectivity index (χ1) is 9.47. The van der Waals surface area contributed by atoms with Gasteiger partial charge >= 0.3 is 5.97 Å². The summed E-state index contributed by atoms with van der Waals surface area (Å²) in [6.45, 7) is 0. The highest BCUT2D eigenvalue weighted by Gasteiger charge is 2.13. The van der Waals surface area contributed by atoms with Crippen molar-refractivity contribution in [2.75, 3.05) is 4.72 Å². The van der Waals surface area contributed by atoms with Crippen molar-refractivity contribution in [3.05, 3.63) is 54.4 Å². The van der Waals surface area contributed by atoms with Crippen molar-refractivity contribution in [2.24, 2.45) is 0 Å². The van der Waals surface area contributed by atoms with E-state index in [-0.39, 0.29) is 4.90 Å². The average molecular weight is 292 g/mol. The number of aromatic amines is 1. The third-order valence-corrected chi connectivity index (χ3v) is 3.84. The summed E-state index contributed by atoms with van der Waals surface area (Å²) in [6, 6.07) is 7.81. The summed E-state index contributed by atoms with van der Waals surface area (Å²) in [5, 5.41) is 8.51. The van der Waals surface area contributed by atoms with Gasteiger partial charge in [0.1, 0.15) is 4.90 Å². The molecule has 0 bridgehead atoms. The number of aromatic nitrogens is 1. The van der Waals surface area contributed by atoms with Crippen LogP contribution < -0.4 is 4.72 Å². The van der Waals surface area contributed by atoms with Crippen molar-refractivity contribution in [3.8, 4) is 0 Å². The molecule has 0 radical (unpaired) electrons. The van der Waals surface area contributed by atoms with Gasteiger partial charge in [-0.1, -0.05) is 12.1 Å². The molecule has 2 aromatic rings. The van der Waals surface area contributed by atoms with Crippen LogP contribution in [0.5, 0.6) is 0 Å². The summed E-state index contributed by atoms with van der Waals surface area (Å²) < 4.78 is 26.3. The minimum absolute atomic E-state index is 0.146. The lowest BCUT2D eigenvalue weighted by Gasteiger charge is -2.06. The Morgan fingerprint density at radius 3 is 2.45 bits per heavy atom. The molecule has 7 heteroatoms. The molecule has 0 aliphatic rings. The lowest BCUT2D eigenvalue weighted by atomic mass is 10.2. The number of carboxylic acid groups (broad SMARTS) is 1. The summed E-state index contributed by atoms with van der Waals surface area (Å²) in [5.41, 5.74) is 1.07. The van der Waals surface area contributed by atoms with Gasteiger partial charge < -0.3 is 10.1 Å². The van der Waals surface area contributed by atoms with Gasteiger partial charge in [0, 0.05) is 24.2 Å². The van der Waals surface area contributed by atoms with Gasteiger partial charge in [0.25, 0.3) is 10.0 Å². The molecular formula is C13H12N2O4S. The van der Waals surface area contributed by atoms with E-state index in [1.165, 1.54) is 24.5 Å². The third kappa shape index (κ3) is 3.48. The molecule has 0 atom stereocenters. The van der Waals surface area contributed by atoms with Crippen molar-refractivity contribution < 1.29 is 18.3 Å². The highest BCUT2D eigenvalue weighted by molar-refractivity contribution is 7.92. The number of rotatable bonds is 5. The maximum Gasteiger partial charge on any atom is 0.328 e. The molecule has 0 unspecified atom stereocenters. The first-order valence-corrected chi connectivity index (χ1v) is 7.12. The fraction of sp³-hybridized carbons (Fsp3) is 0. The molecule has 20 heavy (non-hydrogen) atoms. The second kappa shape index (κ2) is 5.62. The normalized spacial score (nSPS) is 11.6. The second-order valence-electron chi connectivity index (χ2n) is 3.95. The van der Waals surface area contributed by atoms with Crippen molar-refractivity contribution >= 4 is 27.8 Å². The Morgan fingerprint density at radius 2 is 1.90 bits per heavy atom. The molecule has 3 N–H and O–H groups in total. The maximum absolute atomic E-state index is 11.9. The van der Waals surface area contributed by atoms with Crippen molar-refractivity contribution in [1.82, 2.24) is 4.98 Å². The predicted molar refractivity (Wildman–Crippen MR) is 74.7 cm³/mol. The van der Waals surface area contributed by atoms with Crippen LogP contribution in [-0.4, -0.2) is 24.5 Å². The van der Waals surface area contributed by atoms with E-state index < -0.39 is 16.0 Å². The fourth-order valence-electron chi connectivity index (χ4n) is 1.52. The number of hydrogen-bond acceptors (Lipinski definition) is 3. The minimum Gasteiger partial charge on any atom is -0.478 e. The van der Waals surface area contributed by atoms with Crippen LogP contribution in [0.4, 0.5) is 5.69 Å². The van der Waals surface area contributed by atoms with E-state index in [9.17, 15) is 13.2 Å². The van der Waals surface area contributed by atoms with Crippen LogP contribution in [-0.2, 0) is 14.8 Å². The highest BCUT2D eigenvalue weighted by atomic mass is 32.2. The van der Waals surface area contributed by atoms with Crippen LogP contribution >= 0.6 is 0 Å². The monoisotopic (exact) mass is 292 g/mol. The van der Waals surface area contributed by atoms with Gasteiger partial charge in [0.2, 0.25) is 0 Å². The molecule has 6 nitrogen and oxygen atoms in total. The Hall–Kier alpha value is -2.54. The lowest BCUT2D eigenvalue weighted by molar-refractivity contribution is -0.131. The number of aliphatic carboxylic acids is 1. The van der Waals surface area contributed by atoms with Gasteiger partial charge in [0.05, 0.1) is 0 Å². The first kappa shape index (κ1) is 13.9. The average Bonchev–Trinajstić information content (AvgIpc) is 2.92. The largest absolute Gasteiger partial charge is 0.478 e. The lowest BCUT2D eigenvalue weighted by Crippen LogP contribution is -2.11. The van der Waals surface area contributed by atoms with Crippen LogP contribution in [0.25, 0.3) is 6.08 Å². The summed E-state index contributed by atoms with van der Waals surface area (Å²) in [5.74, 6) is -1.04. The molecule has 1 heterocycles. The molecule has 0 saturated carbocycles. The number of benzene rings is 1. The number of carboxylic acids is 1. The molecular weight excluding hydrogens is 280 g/mol.